The van der Waals surface area contributed by atoms with Crippen LogP contribution in [-0.4, -0.2) is 29.4 Å². The first-order valence-electron chi connectivity index (χ1n) is 8.75. The zero-order valence-corrected chi connectivity index (χ0v) is 15.7. The van der Waals surface area contributed by atoms with Crippen LogP contribution in [0.1, 0.15) is 39.3 Å². The minimum atomic E-state index is -0.236. The van der Waals surface area contributed by atoms with Gasteiger partial charge in [-0.25, -0.2) is 0 Å². The van der Waals surface area contributed by atoms with E-state index < -0.39 is 0 Å². The molecule has 0 saturated carbocycles. The average Bonchev–Trinajstić information content (AvgIpc) is 2.61. The predicted molar refractivity (Wildman–Crippen MR) is 103 cm³/mol. The van der Waals surface area contributed by atoms with E-state index in [-0.39, 0.29) is 30.5 Å². The normalized spacial score (nSPS) is 11.7. The van der Waals surface area contributed by atoms with Crippen molar-refractivity contribution in [3.63, 3.8) is 0 Å². The van der Waals surface area contributed by atoms with Gasteiger partial charge in [0.1, 0.15) is 12.3 Å². The van der Waals surface area contributed by atoms with Crippen LogP contribution in [0.15, 0.2) is 54.6 Å². The molecule has 26 heavy (non-hydrogen) atoms. The van der Waals surface area contributed by atoms with Crippen LogP contribution in [-0.2, 0) is 9.59 Å². The lowest BCUT2D eigenvalue weighted by Gasteiger charge is -2.28. The number of ether oxygens (including phenoxy) is 1. The largest absolute Gasteiger partial charge is 0.491 e. The molecule has 0 spiro atoms. The van der Waals surface area contributed by atoms with Crippen LogP contribution in [0.3, 0.4) is 0 Å². The minimum Gasteiger partial charge on any atom is -0.491 e. The molecule has 5 nitrogen and oxygen atoms in total. The minimum absolute atomic E-state index is 0.00433. The molecule has 0 aliphatic rings. The van der Waals surface area contributed by atoms with Crippen molar-refractivity contribution in [2.24, 2.45) is 0 Å². The van der Waals surface area contributed by atoms with E-state index in [0.717, 1.165) is 11.3 Å². The molecule has 0 bridgehead atoms. The molecule has 2 amide bonds. The second kappa shape index (κ2) is 9.04. The van der Waals surface area contributed by atoms with E-state index in [4.69, 9.17) is 4.74 Å². The van der Waals surface area contributed by atoms with Crippen molar-refractivity contribution in [1.82, 2.24) is 4.90 Å². The Bertz CT molecular complexity index is 727. The quantitative estimate of drug-likeness (QED) is 0.817. The van der Waals surface area contributed by atoms with Gasteiger partial charge in [-0.2, -0.15) is 0 Å². The fourth-order valence-corrected chi connectivity index (χ4v) is 2.68. The van der Waals surface area contributed by atoms with Gasteiger partial charge in [-0.1, -0.05) is 30.3 Å². The van der Waals surface area contributed by atoms with Crippen molar-refractivity contribution in [3.05, 3.63) is 60.2 Å². The lowest BCUT2D eigenvalue weighted by Crippen LogP contribution is -2.38. The molecule has 0 aliphatic heterocycles. The average molecular weight is 354 g/mol. The number of nitrogens with one attached hydrogen (secondary N) is 1. The van der Waals surface area contributed by atoms with E-state index in [1.165, 1.54) is 6.92 Å². The van der Waals surface area contributed by atoms with Gasteiger partial charge in [0, 0.05) is 12.6 Å². The summed E-state index contributed by atoms with van der Waals surface area (Å²) in [6.07, 6.45) is 0.0963. The molecule has 1 unspecified atom stereocenters. The van der Waals surface area contributed by atoms with Crippen molar-refractivity contribution in [1.29, 1.82) is 0 Å². The predicted octanol–water partition coefficient (Wildman–Crippen LogP) is 4.02. The Hall–Kier alpha value is -2.82. The van der Waals surface area contributed by atoms with Crippen LogP contribution in [0.4, 0.5) is 5.69 Å². The second-order valence-corrected chi connectivity index (χ2v) is 6.47. The van der Waals surface area contributed by atoms with Gasteiger partial charge >= 0.3 is 0 Å². The number of carbonyl (C=O) groups excluding carboxylic acids is 2. The van der Waals surface area contributed by atoms with Gasteiger partial charge in [0.2, 0.25) is 11.8 Å². The molecule has 0 aliphatic carbocycles. The number of benzene rings is 2. The molecule has 2 rings (SSSR count). The lowest BCUT2D eigenvalue weighted by atomic mass is 10.1. The summed E-state index contributed by atoms with van der Waals surface area (Å²) < 4.78 is 5.59. The Balaban J connectivity index is 2.00. The van der Waals surface area contributed by atoms with Crippen molar-refractivity contribution in [2.45, 2.75) is 39.8 Å². The first-order chi connectivity index (χ1) is 12.4. The van der Waals surface area contributed by atoms with Gasteiger partial charge in [0.15, 0.2) is 0 Å². The monoisotopic (exact) mass is 354 g/mol. The number of nitrogens with zero attached hydrogens (tertiary/aromatic N) is 1. The molecule has 0 heterocycles. The Kier molecular flexibility index (Phi) is 6.78. The summed E-state index contributed by atoms with van der Waals surface area (Å²) in [7, 11) is 0. The second-order valence-electron chi connectivity index (χ2n) is 6.47. The maximum atomic E-state index is 12.4. The summed E-state index contributed by atoms with van der Waals surface area (Å²) in [5.41, 5.74) is 1.66. The molecule has 5 heteroatoms. The van der Waals surface area contributed by atoms with Gasteiger partial charge in [-0.15, -0.1) is 0 Å². The zero-order chi connectivity index (χ0) is 19.1. The van der Waals surface area contributed by atoms with E-state index in [1.54, 1.807) is 17.0 Å². The van der Waals surface area contributed by atoms with Gasteiger partial charge in [-0.05, 0) is 50.6 Å². The molecule has 1 atom stereocenters. The third-order valence-corrected chi connectivity index (χ3v) is 3.98. The highest BCUT2D eigenvalue weighted by atomic mass is 16.5. The number of rotatable bonds is 7. The SMILES string of the molecule is CC(=O)N(CC(=O)Nc1ccc(OC(C)C)cc1)C(C)c1ccccc1. The van der Waals surface area contributed by atoms with Gasteiger partial charge in [0.05, 0.1) is 12.1 Å². The molecule has 1 N–H and O–H groups in total. The number of carbonyl (C=O) groups is 2. The fourth-order valence-electron chi connectivity index (χ4n) is 2.68. The fraction of sp³-hybridized carbons (Fsp3) is 0.333. The van der Waals surface area contributed by atoms with E-state index in [1.807, 2.05) is 63.2 Å². The third-order valence-electron chi connectivity index (χ3n) is 3.98. The van der Waals surface area contributed by atoms with Crippen LogP contribution in [0.2, 0.25) is 0 Å². The summed E-state index contributed by atoms with van der Waals surface area (Å²) in [5.74, 6) is 0.374. The van der Waals surface area contributed by atoms with Gasteiger partial charge < -0.3 is 15.0 Å². The first-order valence-corrected chi connectivity index (χ1v) is 8.75. The summed E-state index contributed by atoms with van der Waals surface area (Å²) in [5, 5.41) is 2.83. The van der Waals surface area contributed by atoms with E-state index in [9.17, 15) is 9.59 Å². The maximum Gasteiger partial charge on any atom is 0.244 e. The molecule has 0 radical (unpaired) electrons. The Morgan fingerprint density at radius 1 is 1.00 bits per heavy atom. The summed E-state index contributed by atoms with van der Waals surface area (Å²) >= 11 is 0. The van der Waals surface area contributed by atoms with Crippen molar-refractivity contribution in [2.75, 3.05) is 11.9 Å². The smallest absolute Gasteiger partial charge is 0.244 e. The van der Waals surface area contributed by atoms with Gasteiger partial charge in [0.25, 0.3) is 0 Å². The highest BCUT2D eigenvalue weighted by Gasteiger charge is 2.21. The molecule has 0 saturated heterocycles. The Morgan fingerprint density at radius 2 is 1.62 bits per heavy atom. The topological polar surface area (TPSA) is 58.6 Å². The van der Waals surface area contributed by atoms with Crippen molar-refractivity contribution >= 4 is 17.5 Å². The number of hydrogen-bond acceptors (Lipinski definition) is 3. The maximum absolute atomic E-state index is 12.4. The van der Waals surface area contributed by atoms with Crippen molar-refractivity contribution < 1.29 is 14.3 Å². The molecule has 2 aromatic carbocycles. The zero-order valence-electron chi connectivity index (χ0n) is 15.7. The standard InChI is InChI=1S/C21H26N2O3/c1-15(2)26-20-12-10-19(11-13-20)22-21(25)14-23(17(4)24)16(3)18-8-6-5-7-9-18/h5-13,15-16H,14H2,1-4H3,(H,22,25). The van der Waals surface area contributed by atoms with Crippen molar-refractivity contribution in [3.8, 4) is 5.75 Å². The molecule has 138 valence electrons. The highest BCUT2D eigenvalue weighted by Crippen LogP contribution is 2.21. The summed E-state index contributed by atoms with van der Waals surface area (Å²) in [4.78, 5) is 26.0. The van der Waals surface area contributed by atoms with Crippen LogP contribution >= 0.6 is 0 Å². The summed E-state index contributed by atoms with van der Waals surface area (Å²) in [6.45, 7) is 7.31. The molecule has 2 aromatic rings. The number of amides is 2. The molecular weight excluding hydrogens is 328 g/mol. The Labute approximate surface area is 155 Å². The number of anilines is 1. The molecule has 0 fully saturated rings. The molecule has 0 aromatic heterocycles. The lowest BCUT2D eigenvalue weighted by molar-refractivity contribution is -0.134. The van der Waals surface area contributed by atoms with E-state index in [0.29, 0.717) is 5.69 Å². The first kappa shape index (κ1) is 19.5. The highest BCUT2D eigenvalue weighted by molar-refractivity contribution is 5.94. The van der Waals surface area contributed by atoms with Crippen LogP contribution < -0.4 is 10.1 Å². The number of hydrogen-bond donors (Lipinski definition) is 1. The Morgan fingerprint density at radius 3 is 2.15 bits per heavy atom. The van der Waals surface area contributed by atoms with E-state index in [2.05, 4.69) is 5.32 Å². The van der Waals surface area contributed by atoms with Crippen LogP contribution in [0.25, 0.3) is 0 Å². The van der Waals surface area contributed by atoms with Gasteiger partial charge in [-0.3, -0.25) is 9.59 Å². The third kappa shape index (κ3) is 5.62. The summed E-state index contributed by atoms with van der Waals surface area (Å²) in [6, 6.07) is 16.7. The van der Waals surface area contributed by atoms with Crippen LogP contribution in [0, 0.1) is 0 Å². The van der Waals surface area contributed by atoms with E-state index >= 15 is 0 Å². The molecular formula is C21H26N2O3. The van der Waals surface area contributed by atoms with Crippen LogP contribution in [0.5, 0.6) is 5.75 Å².